The summed E-state index contributed by atoms with van der Waals surface area (Å²) in [5.41, 5.74) is 0.739. The van der Waals surface area contributed by atoms with Crippen LogP contribution in [0.1, 0.15) is 71.6 Å². The molecular weight excluding hydrogens is 380 g/mol. The van der Waals surface area contributed by atoms with E-state index in [4.69, 9.17) is 0 Å². The molecular formula is C24H38N2O2S. The summed E-state index contributed by atoms with van der Waals surface area (Å²) in [6.07, 6.45) is 16.3. The topological polar surface area (TPSA) is 58.2 Å². The van der Waals surface area contributed by atoms with Gasteiger partial charge in [-0.25, -0.2) is 0 Å². The number of carbonyl (C=O) groups is 2. The molecule has 0 heterocycles. The molecule has 0 aliphatic heterocycles. The van der Waals surface area contributed by atoms with Gasteiger partial charge in [-0.05, 0) is 25.0 Å². The quantitative estimate of drug-likeness (QED) is 0.258. The second-order valence-corrected chi connectivity index (χ2v) is 8.46. The molecule has 29 heavy (non-hydrogen) atoms. The SMILES string of the molecule is CCCCCCCCCC/C=C/CSC[C@H](NC(C)=O)C(=O)Nc1ccccc1. The molecule has 0 radical (unpaired) electrons. The van der Waals surface area contributed by atoms with Gasteiger partial charge >= 0.3 is 0 Å². The zero-order valence-electron chi connectivity index (χ0n) is 18.1. The zero-order valence-corrected chi connectivity index (χ0v) is 18.9. The molecule has 0 unspecified atom stereocenters. The van der Waals surface area contributed by atoms with Crippen LogP contribution in [0.25, 0.3) is 0 Å². The Morgan fingerprint density at radius 1 is 0.966 bits per heavy atom. The van der Waals surface area contributed by atoms with Gasteiger partial charge in [-0.1, -0.05) is 82.2 Å². The van der Waals surface area contributed by atoms with Crippen LogP contribution in [0.5, 0.6) is 0 Å². The molecule has 0 bridgehead atoms. The fourth-order valence-corrected chi connectivity index (χ4v) is 3.89. The van der Waals surface area contributed by atoms with Crippen molar-refractivity contribution in [2.45, 2.75) is 77.7 Å². The molecule has 4 nitrogen and oxygen atoms in total. The van der Waals surface area contributed by atoms with Gasteiger partial charge in [0.1, 0.15) is 6.04 Å². The van der Waals surface area contributed by atoms with E-state index in [0.29, 0.717) is 5.75 Å². The van der Waals surface area contributed by atoms with Crippen LogP contribution in [-0.4, -0.2) is 29.4 Å². The summed E-state index contributed by atoms with van der Waals surface area (Å²) in [5.74, 6) is 1.04. The van der Waals surface area contributed by atoms with E-state index >= 15 is 0 Å². The van der Waals surface area contributed by atoms with Gasteiger partial charge in [0, 0.05) is 24.1 Å². The predicted molar refractivity (Wildman–Crippen MR) is 126 cm³/mol. The standard InChI is InChI=1S/C24H38N2O2S/c1-3-4-5-6-7-8-9-10-11-12-16-19-29-20-23(25-21(2)27)24(28)26-22-17-14-13-15-18-22/h12-18,23H,3-11,19-20H2,1-2H3,(H,25,27)(H,26,28)/b16-12+/t23-/m0/s1. The first-order valence-electron chi connectivity index (χ1n) is 11.0. The largest absolute Gasteiger partial charge is 0.344 e. The molecule has 2 amide bonds. The highest BCUT2D eigenvalue weighted by molar-refractivity contribution is 7.99. The Kier molecular flexibility index (Phi) is 14.9. The monoisotopic (exact) mass is 418 g/mol. The molecule has 1 aromatic rings. The average Bonchev–Trinajstić information content (AvgIpc) is 2.71. The van der Waals surface area contributed by atoms with Crippen molar-refractivity contribution in [2.24, 2.45) is 0 Å². The van der Waals surface area contributed by atoms with Crippen LogP contribution in [0.2, 0.25) is 0 Å². The van der Waals surface area contributed by atoms with Crippen LogP contribution >= 0.6 is 11.8 Å². The van der Waals surface area contributed by atoms with Crippen LogP contribution in [-0.2, 0) is 9.59 Å². The number of allylic oxidation sites excluding steroid dienone is 1. The van der Waals surface area contributed by atoms with Crippen LogP contribution < -0.4 is 10.6 Å². The third-order valence-corrected chi connectivity index (χ3v) is 5.62. The number of hydrogen-bond donors (Lipinski definition) is 2. The number of rotatable bonds is 16. The third kappa shape index (κ3) is 14.0. The number of para-hydroxylation sites is 1. The number of hydrogen-bond acceptors (Lipinski definition) is 3. The van der Waals surface area contributed by atoms with Crippen LogP contribution in [0.3, 0.4) is 0 Å². The lowest BCUT2D eigenvalue weighted by atomic mass is 10.1. The minimum Gasteiger partial charge on any atom is -0.344 e. The first-order valence-corrected chi connectivity index (χ1v) is 12.1. The summed E-state index contributed by atoms with van der Waals surface area (Å²) in [5, 5.41) is 5.61. The minimum atomic E-state index is -0.529. The zero-order chi connectivity index (χ0) is 21.2. The molecule has 2 N–H and O–H groups in total. The summed E-state index contributed by atoms with van der Waals surface area (Å²) < 4.78 is 0. The number of carbonyl (C=O) groups excluding carboxylic acids is 2. The molecule has 0 spiro atoms. The Labute approximate surface area is 181 Å². The fraction of sp³-hybridized carbons (Fsp3) is 0.583. The highest BCUT2D eigenvalue weighted by atomic mass is 32.2. The fourth-order valence-electron chi connectivity index (χ4n) is 3.02. The van der Waals surface area contributed by atoms with Gasteiger partial charge in [0.2, 0.25) is 11.8 Å². The van der Waals surface area contributed by atoms with E-state index in [-0.39, 0.29) is 11.8 Å². The van der Waals surface area contributed by atoms with E-state index in [1.165, 1.54) is 58.3 Å². The number of amides is 2. The van der Waals surface area contributed by atoms with Gasteiger partial charge in [-0.2, -0.15) is 11.8 Å². The second-order valence-electron chi connectivity index (χ2n) is 7.38. The highest BCUT2D eigenvalue weighted by Crippen LogP contribution is 2.11. The van der Waals surface area contributed by atoms with Crippen molar-refractivity contribution in [2.75, 3.05) is 16.8 Å². The maximum atomic E-state index is 12.4. The van der Waals surface area contributed by atoms with E-state index in [0.717, 1.165) is 17.9 Å². The normalized spacial score (nSPS) is 12.1. The molecule has 0 saturated carbocycles. The van der Waals surface area contributed by atoms with Gasteiger partial charge in [0.05, 0.1) is 0 Å². The second kappa shape index (κ2) is 17.1. The first kappa shape index (κ1) is 25.3. The molecule has 162 valence electrons. The Bertz CT molecular complexity index is 590. The van der Waals surface area contributed by atoms with Crippen LogP contribution in [0.15, 0.2) is 42.5 Å². The smallest absolute Gasteiger partial charge is 0.247 e. The molecule has 0 aliphatic rings. The molecule has 0 fully saturated rings. The predicted octanol–water partition coefficient (Wildman–Crippen LogP) is 5.95. The summed E-state index contributed by atoms with van der Waals surface area (Å²) in [4.78, 5) is 23.9. The average molecular weight is 419 g/mol. The van der Waals surface area contributed by atoms with Gasteiger partial charge < -0.3 is 10.6 Å². The van der Waals surface area contributed by atoms with Crippen molar-refractivity contribution in [3.8, 4) is 0 Å². The van der Waals surface area contributed by atoms with E-state index in [2.05, 4.69) is 29.7 Å². The lowest BCUT2D eigenvalue weighted by Crippen LogP contribution is -2.44. The summed E-state index contributed by atoms with van der Waals surface area (Å²) in [7, 11) is 0. The molecule has 0 aromatic heterocycles. The van der Waals surface area contributed by atoms with E-state index in [1.54, 1.807) is 11.8 Å². The van der Waals surface area contributed by atoms with Gasteiger partial charge in [-0.3, -0.25) is 9.59 Å². The van der Waals surface area contributed by atoms with Gasteiger partial charge in [-0.15, -0.1) is 0 Å². The van der Waals surface area contributed by atoms with Crippen molar-refractivity contribution in [3.05, 3.63) is 42.5 Å². The highest BCUT2D eigenvalue weighted by Gasteiger charge is 2.19. The summed E-state index contributed by atoms with van der Waals surface area (Å²) in [6.45, 7) is 3.70. The molecule has 1 aromatic carbocycles. The lowest BCUT2D eigenvalue weighted by molar-refractivity contribution is -0.124. The Hall–Kier alpha value is -1.75. The van der Waals surface area contributed by atoms with Crippen molar-refractivity contribution in [1.29, 1.82) is 0 Å². The number of unbranched alkanes of at least 4 members (excludes halogenated alkanes) is 8. The van der Waals surface area contributed by atoms with E-state index < -0.39 is 6.04 Å². The van der Waals surface area contributed by atoms with Crippen molar-refractivity contribution < 1.29 is 9.59 Å². The number of nitrogens with one attached hydrogen (secondary N) is 2. The molecule has 5 heteroatoms. The molecule has 0 aliphatic carbocycles. The van der Waals surface area contributed by atoms with E-state index in [9.17, 15) is 9.59 Å². The van der Waals surface area contributed by atoms with Crippen LogP contribution in [0.4, 0.5) is 5.69 Å². The van der Waals surface area contributed by atoms with Crippen molar-refractivity contribution in [3.63, 3.8) is 0 Å². The third-order valence-electron chi connectivity index (χ3n) is 4.62. The number of thioether (sulfide) groups is 1. The number of anilines is 1. The Balaban J connectivity index is 2.17. The lowest BCUT2D eigenvalue weighted by Gasteiger charge is -2.17. The maximum absolute atomic E-state index is 12.4. The van der Waals surface area contributed by atoms with Crippen molar-refractivity contribution >= 4 is 29.3 Å². The van der Waals surface area contributed by atoms with Gasteiger partial charge in [0.25, 0.3) is 0 Å². The number of benzene rings is 1. The maximum Gasteiger partial charge on any atom is 0.247 e. The summed E-state index contributed by atoms with van der Waals surface area (Å²) in [6, 6.07) is 8.79. The first-order chi connectivity index (χ1) is 14.1. The summed E-state index contributed by atoms with van der Waals surface area (Å²) >= 11 is 1.66. The van der Waals surface area contributed by atoms with E-state index in [1.807, 2.05) is 30.3 Å². The molecule has 1 atom stereocenters. The molecule has 0 saturated heterocycles. The Morgan fingerprint density at radius 2 is 1.62 bits per heavy atom. The van der Waals surface area contributed by atoms with Crippen LogP contribution in [0, 0.1) is 0 Å². The molecule has 1 rings (SSSR count). The van der Waals surface area contributed by atoms with Gasteiger partial charge in [0.15, 0.2) is 0 Å². The minimum absolute atomic E-state index is 0.179. The van der Waals surface area contributed by atoms with Crippen molar-refractivity contribution in [1.82, 2.24) is 5.32 Å². The Morgan fingerprint density at radius 3 is 2.28 bits per heavy atom.